The lowest BCUT2D eigenvalue weighted by Crippen LogP contribution is -2.36. The molecule has 2 aromatic carbocycles. The molecule has 0 saturated heterocycles. The summed E-state index contributed by atoms with van der Waals surface area (Å²) in [7, 11) is 1.80. The number of halogens is 1. The topological polar surface area (TPSA) is 63.5 Å². The number of guanidine groups is 1. The molecule has 4 rings (SSSR count). The number of imidazole rings is 1. The number of nitrogens with zero attached hydrogens (tertiary/aromatic N) is 3. The Kier molecular flexibility index (Phi) is 8.96. The van der Waals surface area contributed by atoms with E-state index in [9.17, 15) is 0 Å². The molecule has 3 aromatic rings. The van der Waals surface area contributed by atoms with Crippen LogP contribution in [-0.2, 0) is 19.6 Å². The molecule has 6 nitrogen and oxygen atoms in total. The first-order valence-electron chi connectivity index (χ1n) is 10.9. The molecular formula is C25H32IN5O. The number of aromatic nitrogens is 2. The second kappa shape index (κ2) is 11.9. The standard InChI is InChI=1S/C25H31N5O.HI/c1-19-6-9-23(24(12-19)31-17-20-7-8-20)15-29-25(26-2)28-14-21-4-3-5-22(13-21)16-30-11-10-27-18-30;/h3-6,9-13,18,20H,7-8,14-17H2,1-2H3,(H2,26,28,29);1H. The smallest absolute Gasteiger partial charge is 0.191 e. The summed E-state index contributed by atoms with van der Waals surface area (Å²) >= 11 is 0. The molecular weight excluding hydrogens is 513 g/mol. The molecule has 1 heterocycles. The fourth-order valence-electron chi connectivity index (χ4n) is 3.45. The largest absolute Gasteiger partial charge is 0.493 e. The van der Waals surface area contributed by atoms with Crippen molar-refractivity contribution in [3.8, 4) is 5.75 Å². The zero-order valence-electron chi connectivity index (χ0n) is 18.8. The van der Waals surface area contributed by atoms with Crippen LogP contribution in [0.2, 0.25) is 0 Å². The predicted octanol–water partition coefficient (Wildman–Crippen LogP) is 4.51. The maximum atomic E-state index is 6.09. The van der Waals surface area contributed by atoms with E-state index in [0.29, 0.717) is 13.1 Å². The second-order valence-corrected chi connectivity index (χ2v) is 8.20. The molecule has 0 spiro atoms. The van der Waals surface area contributed by atoms with Gasteiger partial charge in [0.05, 0.1) is 12.9 Å². The summed E-state index contributed by atoms with van der Waals surface area (Å²) in [5.74, 6) is 2.48. The van der Waals surface area contributed by atoms with E-state index >= 15 is 0 Å². The van der Waals surface area contributed by atoms with Crippen molar-refractivity contribution < 1.29 is 4.74 Å². The summed E-state index contributed by atoms with van der Waals surface area (Å²) in [4.78, 5) is 8.48. The molecule has 0 atom stereocenters. The van der Waals surface area contributed by atoms with Crippen LogP contribution in [0.1, 0.15) is 35.1 Å². The Morgan fingerprint density at radius 2 is 1.94 bits per heavy atom. The number of ether oxygens (including phenoxy) is 1. The average molecular weight is 545 g/mol. The lowest BCUT2D eigenvalue weighted by molar-refractivity contribution is 0.296. The van der Waals surface area contributed by atoms with Crippen LogP contribution in [0.25, 0.3) is 0 Å². The molecule has 1 fully saturated rings. The molecule has 170 valence electrons. The van der Waals surface area contributed by atoms with E-state index < -0.39 is 0 Å². The molecule has 1 saturated carbocycles. The Morgan fingerprint density at radius 1 is 1.12 bits per heavy atom. The van der Waals surface area contributed by atoms with E-state index in [1.165, 1.54) is 29.5 Å². The fraction of sp³-hybridized carbons (Fsp3) is 0.360. The molecule has 0 radical (unpaired) electrons. The molecule has 32 heavy (non-hydrogen) atoms. The summed E-state index contributed by atoms with van der Waals surface area (Å²) in [5, 5.41) is 6.83. The van der Waals surface area contributed by atoms with Crippen molar-refractivity contribution in [2.24, 2.45) is 10.9 Å². The van der Waals surface area contributed by atoms with Gasteiger partial charge < -0.3 is 19.9 Å². The van der Waals surface area contributed by atoms with Crippen molar-refractivity contribution in [1.82, 2.24) is 20.2 Å². The van der Waals surface area contributed by atoms with Crippen LogP contribution in [0, 0.1) is 12.8 Å². The Balaban J connectivity index is 0.00000289. The summed E-state index contributed by atoms with van der Waals surface area (Å²) in [6.07, 6.45) is 8.20. The molecule has 2 N–H and O–H groups in total. The first-order chi connectivity index (χ1) is 15.2. The molecule has 1 aliphatic carbocycles. The van der Waals surface area contributed by atoms with E-state index in [2.05, 4.69) is 74.6 Å². The van der Waals surface area contributed by atoms with Gasteiger partial charge in [-0.05, 0) is 48.4 Å². The van der Waals surface area contributed by atoms with Crippen molar-refractivity contribution in [2.45, 2.75) is 39.4 Å². The molecule has 1 aromatic heterocycles. The van der Waals surface area contributed by atoms with Crippen LogP contribution in [0.15, 0.2) is 66.2 Å². The molecule has 1 aliphatic rings. The zero-order chi connectivity index (χ0) is 21.5. The molecule has 0 aliphatic heterocycles. The highest BCUT2D eigenvalue weighted by Gasteiger charge is 2.22. The third-order valence-corrected chi connectivity index (χ3v) is 5.44. The van der Waals surface area contributed by atoms with Gasteiger partial charge >= 0.3 is 0 Å². The number of nitrogens with one attached hydrogen (secondary N) is 2. The van der Waals surface area contributed by atoms with E-state index in [1.807, 2.05) is 12.5 Å². The van der Waals surface area contributed by atoms with Crippen LogP contribution >= 0.6 is 24.0 Å². The van der Waals surface area contributed by atoms with Crippen LogP contribution in [0.5, 0.6) is 5.75 Å². The van der Waals surface area contributed by atoms with Crippen LogP contribution in [-0.4, -0.2) is 29.2 Å². The number of hydrogen-bond acceptors (Lipinski definition) is 3. The van der Waals surface area contributed by atoms with E-state index in [4.69, 9.17) is 4.74 Å². The number of rotatable bonds is 9. The predicted molar refractivity (Wildman–Crippen MR) is 140 cm³/mol. The van der Waals surface area contributed by atoms with Gasteiger partial charge in [-0.3, -0.25) is 4.99 Å². The molecule has 0 unspecified atom stereocenters. The number of benzene rings is 2. The minimum atomic E-state index is 0. The van der Waals surface area contributed by atoms with Crippen LogP contribution in [0.4, 0.5) is 0 Å². The van der Waals surface area contributed by atoms with Gasteiger partial charge in [0.1, 0.15) is 5.75 Å². The fourth-order valence-corrected chi connectivity index (χ4v) is 3.45. The summed E-state index contributed by atoms with van der Waals surface area (Å²) in [6, 6.07) is 15.0. The first-order valence-corrected chi connectivity index (χ1v) is 10.9. The average Bonchev–Trinajstić information content (AvgIpc) is 3.48. The van der Waals surface area contributed by atoms with Gasteiger partial charge in [0.2, 0.25) is 0 Å². The van der Waals surface area contributed by atoms with Crippen molar-refractivity contribution >= 4 is 29.9 Å². The highest BCUT2D eigenvalue weighted by Crippen LogP contribution is 2.30. The van der Waals surface area contributed by atoms with Gasteiger partial charge in [-0.25, -0.2) is 4.98 Å². The quantitative estimate of drug-likeness (QED) is 0.236. The third kappa shape index (κ3) is 7.25. The summed E-state index contributed by atoms with van der Waals surface area (Å²) in [6.45, 7) is 5.11. The van der Waals surface area contributed by atoms with Gasteiger partial charge in [-0.15, -0.1) is 24.0 Å². The van der Waals surface area contributed by atoms with Gasteiger partial charge in [-0.1, -0.05) is 36.4 Å². The summed E-state index contributed by atoms with van der Waals surface area (Å²) < 4.78 is 8.15. The van der Waals surface area contributed by atoms with Gasteiger partial charge in [0, 0.05) is 44.6 Å². The molecule has 0 bridgehead atoms. The Labute approximate surface area is 207 Å². The van der Waals surface area contributed by atoms with Crippen molar-refractivity contribution in [3.63, 3.8) is 0 Å². The molecule has 7 heteroatoms. The first kappa shape index (κ1) is 24.1. The van der Waals surface area contributed by atoms with E-state index in [-0.39, 0.29) is 24.0 Å². The number of aryl methyl sites for hydroxylation is 1. The van der Waals surface area contributed by atoms with E-state index in [1.54, 1.807) is 13.2 Å². The zero-order valence-corrected chi connectivity index (χ0v) is 21.1. The Bertz CT molecular complexity index is 1010. The lowest BCUT2D eigenvalue weighted by Gasteiger charge is -2.16. The third-order valence-electron chi connectivity index (χ3n) is 5.44. The molecule has 0 amide bonds. The number of hydrogen-bond donors (Lipinski definition) is 2. The minimum Gasteiger partial charge on any atom is -0.493 e. The van der Waals surface area contributed by atoms with Crippen LogP contribution in [0.3, 0.4) is 0 Å². The highest BCUT2D eigenvalue weighted by molar-refractivity contribution is 14.0. The Hall–Kier alpha value is -2.55. The number of aliphatic imine (C=N–C) groups is 1. The van der Waals surface area contributed by atoms with E-state index in [0.717, 1.165) is 36.3 Å². The van der Waals surface area contributed by atoms with Crippen molar-refractivity contribution in [2.75, 3.05) is 13.7 Å². The van der Waals surface area contributed by atoms with Crippen LogP contribution < -0.4 is 15.4 Å². The second-order valence-electron chi connectivity index (χ2n) is 8.20. The van der Waals surface area contributed by atoms with Gasteiger partial charge in [0.25, 0.3) is 0 Å². The van der Waals surface area contributed by atoms with Gasteiger partial charge in [-0.2, -0.15) is 0 Å². The monoisotopic (exact) mass is 545 g/mol. The summed E-state index contributed by atoms with van der Waals surface area (Å²) in [5.41, 5.74) is 4.82. The highest BCUT2D eigenvalue weighted by atomic mass is 127. The van der Waals surface area contributed by atoms with Gasteiger partial charge in [0.15, 0.2) is 5.96 Å². The maximum Gasteiger partial charge on any atom is 0.191 e. The van der Waals surface area contributed by atoms with Crippen molar-refractivity contribution in [3.05, 3.63) is 83.4 Å². The van der Waals surface area contributed by atoms with Crippen molar-refractivity contribution in [1.29, 1.82) is 0 Å². The lowest BCUT2D eigenvalue weighted by atomic mass is 10.1. The normalized spacial score (nSPS) is 13.4. The minimum absolute atomic E-state index is 0. The maximum absolute atomic E-state index is 6.09. The SMILES string of the molecule is CN=C(NCc1cccc(Cn2ccnc2)c1)NCc1ccc(C)cc1OCC1CC1.I. The Morgan fingerprint density at radius 3 is 2.69 bits per heavy atom.